The molecule has 3 atom stereocenters. The molecule has 1 unspecified atom stereocenters. The minimum Gasteiger partial charge on any atom is -0.424 e. The van der Waals surface area contributed by atoms with Crippen molar-refractivity contribution < 1.29 is 13.5 Å². The molecule has 0 N–H and O–H groups in total. The smallest absolute Gasteiger partial charge is 0.320 e. The SMILES string of the molecule is CCCn1nc(CC2[C@@H]3CC[C@H]2CN(c2cc(C)ncn2)C3)nc1Oc1cc(F)cc(F)c1. The molecule has 9 heteroatoms. The Hall–Kier alpha value is -3.10. The summed E-state index contributed by atoms with van der Waals surface area (Å²) >= 11 is 0. The van der Waals surface area contributed by atoms with E-state index in [9.17, 15) is 8.78 Å². The number of nitrogens with zero attached hydrogens (tertiary/aromatic N) is 6. The highest BCUT2D eigenvalue weighted by Crippen LogP contribution is 2.44. The zero-order valence-electron chi connectivity index (χ0n) is 18.9. The van der Waals surface area contributed by atoms with Gasteiger partial charge in [0, 0.05) is 56.0 Å². The van der Waals surface area contributed by atoms with Crippen molar-refractivity contribution >= 4 is 5.82 Å². The molecular formula is C24H28F2N6O. The minimum absolute atomic E-state index is 0.0809. The Morgan fingerprint density at radius 2 is 1.76 bits per heavy atom. The molecular weight excluding hydrogens is 426 g/mol. The summed E-state index contributed by atoms with van der Waals surface area (Å²) < 4.78 is 34.6. The Labute approximate surface area is 191 Å². The van der Waals surface area contributed by atoms with Gasteiger partial charge in [-0.2, -0.15) is 10.1 Å². The van der Waals surface area contributed by atoms with Crippen LogP contribution in [0.5, 0.6) is 11.8 Å². The molecule has 1 saturated heterocycles. The number of aromatic nitrogens is 5. The predicted molar refractivity (Wildman–Crippen MR) is 119 cm³/mol. The normalized spacial score (nSPS) is 22.1. The number of anilines is 1. The van der Waals surface area contributed by atoms with Gasteiger partial charge >= 0.3 is 6.01 Å². The molecule has 0 amide bonds. The van der Waals surface area contributed by atoms with Gasteiger partial charge < -0.3 is 9.64 Å². The Morgan fingerprint density at radius 1 is 1.03 bits per heavy atom. The second-order valence-electron chi connectivity index (χ2n) is 9.13. The van der Waals surface area contributed by atoms with Crippen LogP contribution in [-0.4, -0.2) is 37.8 Å². The number of hydrogen-bond acceptors (Lipinski definition) is 6. The van der Waals surface area contributed by atoms with Gasteiger partial charge in [0.15, 0.2) is 5.82 Å². The number of ether oxygens (including phenoxy) is 1. The van der Waals surface area contributed by atoms with Gasteiger partial charge in [-0.1, -0.05) is 6.92 Å². The molecule has 5 rings (SSSR count). The third kappa shape index (κ3) is 4.67. The van der Waals surface area contributed by atoms with E-state index in [1.807, 2.05) is 19.9 Å². The van der Waals surface area contributed by atoms with Crippen LogP contribution in [0.2, 0.25) is 0 Å². The van der Waals surface area contributed by atoms with Gasteiger partial charge in [-0.3, -0.25) is 0 Å². The predicted octanol–water partition coefficient (Wildman–Crippen LogP) is 4.56. The second-order valence-corrected chi connectivity index (χ2v) is 9.13. The lowest BCUT2D eigenvalue weighted by atomic mass is 9.82. The summed E-state index contributed by atoms with van der Waals surface area (Å²) in [6.45, 7) is 6.59. The second kappa shape index (κ2) is 9.03. The summed E-state index contributed by atoms with van der Waals surface area (Å²) in [5, 5.41) is 4.68. The van der Waals surface area contributed by atoms with Crippen molar-refractivity contribution in [1.82, 2.24) is 24.7 Å². The average Bonchev–Trinajstić information content (AvgIpc) is 3.22. The fourth-order valence-electron chi connectivity index (χ4n) is 5.26. The zero-order chi connectivity index (χ0) is 22.9. The van der Waals surface area contributed by atoms with Crippen molar-refractivity contribution in [1.29, 1.82) is 0 Å². The van der Waals surface area contributed by atoms with Gasteiger partial charge in [0.1, 0.15) is 29.5 Å². The van der Waals surface area contributed by atoms with Crippen LogP contribution in [0.25, 0.3) is 0 Å². The van der Waals surface area contributed by atoms with Gasteiger partial charge in [0.25, 0.3) is 0 Å². The van der Waals surface area contributed by atoms with E-state index >= 15 is 0 Å². The Balaban J connectivity index is 1.32. The van der Waals surface area contributed by atoms with Gasteiger partial charge in [-0.15, -0.1) is 0 Å². The van der Waals surface area contributed by atoms with E-state index in [2.05, 4.69) is 25.0 Å². The first-order chi connectivity index (χ1) is 16.0. The Bertz CT molecular complexity index is 1100. The van der Waals surface area contributed by atoms with Crippen LogP contribution >= 0.6 is 0 Å². The summed E-state index contributed by atoms with van der Waals surface area (Å²) in [5.74, 6) is 2.05. The van der Waals surface area contributed by atoms with Gasteiger partial charge in [-0.05, 0) is 43.9 Å². The number of hydrogen-bond donors (Lipinski definition) is 0. The molecule has 2 bridgehead atoms. The van der Waals surface area contributed by atoms with E-state index in [0.717, 1.165) is 61.5 Å². The number of fused-ring (bicyclic) bond motifs is 2. The quantitative estimate of drug-likeness (QED) is 0.521. The largest absolute Gasteiger partial charge is 0.424 e. The summed E-state index contributed by atoms with van der Waals surface area (Å²) in [6, 6.07) is 5.45. The average molecular weight is 455 g/mol. The molecule has 3 heterocycles. The summed E-state index contributed by atoms with van der Waals surface area (Å²) in [5.41, 5.74) is 0.978. The topological polar surface area (TPSA) is 69.0 Å². The van der Waals surface area contributed by atoms with Crippen LogP contribution in [0.15, 0.2) is 30.6 Å². The molecule has 3 aromatic rings. The van der Waals surface area contributed by atoms with Crippen LogP contribution in [0.1, 0.15) is 37.7 Å². The van der Waals surface area contributed by atoms with Gasteiger partial charge in [0.2, 0.25) is 0 Å². The molecule has 0 spiro atoms. The number of aryl methyl sites for hydroxylation is 2. The molecule has 0 radical (unpaired) electrons. The van der Waals surface area contributed by atoms with Crippen molar-refractivity contribution in [3.8, 4) is 11.8 Å². The first-order valence-corrected chi connectivity index (χ1v) is 11.6. The van der Waals surface area contributed by atoms with Crippen molar-refractivity contribution in [2.75, 3.05) is 18.0 Å². The lowest BCUT2D eigenvalue weighted by Gasteiger charge is -2.38. The zero-order valence-corrected chi connectivity index (χ0v) is 18.9. The van der Waals surface area contributed by atoms with Crippen molar-refractivity contribution in [3.05, 3.63) is 53.7 Å². The lowest BCUT2D eigenvalue weighted by Crippen LogP contribution is -2.43. The number of benzene rings is 1. The summed E-state index contributed by atoms with van der Waals surface area (Å²) in [7, 11) is 0. The van der Waals surface area contributed by atoms with E-state index in [0.29, 0.717) is 24.3 Å². The molecule has 2 aliphatic rings. The maximum absolute atomic E-state index is 13.6. The molecule has 1 aromatic carbocycles. The van der Waals surface area contributed by atoms with E-state index < -0.39 is 11.6 Å². The Kier molecular flexibility index (Phi) is 5.95. The van der Waals surface area contributed by atoms with Crippen molar-refractivity contribution in [3.63, 3.8) is 0 Å². The first-order valence-electron chi connectivity index (χ1n) is 11.6. The van der Waals surface area contributed by atoms with Crippen molar-refractivity contribution in [2.24, 2.45) is 17.8 Å². The third-order valence-corrected chi connectivity index (χ3v) is 6.72. The first kappa shape index (κ1) is 21.7. The van der Waals surface area contributed by atoms with Gasteiger partial charge in [-0.25, -0.2) is 23.4 Å². The van der Waals surface area contributed by atoms with Crippen molar-refractivity contribution in [2.45, 2.75) is 46.1 Å². The highest BCUT2D eigenvalue weighted by atomic mass is 19.1. The van der Waals surface area contributed by atoms with E-state index in [1.165, 1.54) is 12.8 Å². The number of halogens is 2. The van der Waals surface area contributed by atoms with E-state index in [-0.39, 0.29) is 11.8 Å². The molecule has 174 valence electrons. The molecule has 1 aliphatic heterocycles. The fraction of sp³-hybridized carbons (Fsp3) is 0.500. The van der Waals surface area contributed by atoms with Crippen LogP contribution in [-0.2, 0) is 13.0 Å². The van der Waals surface area contributed by atoms with Crippen LogP contribution in [0.3, 0.4) is 0 Å². The molecule has 7 nitrogen and oxygen atoms in total. The molecule has 1 aliphatic carbocycles. The summed E-state index contributed by atoms with van der Waals surface area (Å²) in [6.07, 6.45) is 5.64. The third-order valence-electron chi connectivity index (χ3n) is 6.72. The highest BCUT2D eigenvalue weighted by molar-refractivity contribution is 5.40. The molecule has 2 fully saturated rings. The van der Waals surface area contributed by atoms with Crippen LogP contribution < -0.4 is 9.64 Å². The van der Waals surface area contributed by atoms with Crippen LogP contribution in [0.4, 0.5) is 14.6 Å². The number of rotatable bonds is 7. The summed E-state index contributed by atoms with van der Waals surface area (Å²) in [4.78, 5) is 15.7. The van der Waals surface area contributed by atoms with Gasteiger partial charge in [0.05, 0.1) is 0 Å². The standard InChI is InChI=1S/C24H28F2N6O/c1-3-6-32-24(33-20-9-18(25)8-19(26)10-20)29-22(30-32)11-21-16-4-5-17(21)13-31(12-16)23-7-15(2)27-14-28-23/h7-10,14,16-17,21H,3-6,11-13H2,1-2H3/t16-,17+,21?. The maximum atomic E-state index is 13.6. The van der Waals surface area contributed by atoms with E-state index in [4.69, 9.17) is 4.74 Å². The lowest BCUT2D eigenvalue weighted by molar-refractivity contribution is 0.264. The minimum atomic E-state index is -0.686. The monoisotopic (exact) mass is 454 g/mol. The molecule has 2 aromatic heterocycles. The Morgan fingerprint density at radius 3 is 2.42 bits per heavy atom. The van der Waals surface area contributed by atoms with Crippen LogP contribution in [0, 0.1) is 36.3 Å². The molecule has 33 heavy (non-hydrogen) atoms. The highest BCUT2D eigenvalue weighted by Gasteiger charge is 2.42. The molecule has 1 saturated carbocycles. The number of piperidine rings is 1. The fourth-order valence-corrected chi connectivity index (χ4v) is 5.26. The van der Waals surface area contributed by atoms with E-state index in [1.54, 1.807) is 11.0 Å². The maximum Gasteiger partial charge on any atom is 0.320 e.